The highest BCUT2D eigenvalue weighted by molar-refractivity contribution is 7.88. The molecule has 2 heterocycles. The summed E-state index contributed by atoms with van der Waals surface area (Å²) in [5.74, 6) is 0.653. The Kier molecular flexibility index (Phi) is 5.34. The highest BCUT2D eigenvalue weighted by Gasteiger charge is 2.39. The van der Waals surface area contributed by atoms with Gasteiger partial charge in [0.25, 0.3) is 0 Å². The quantitative estimate of drug-likeness (QED) is 0.855. The van der Waals surface area contributed by atoms with Crippen LogP contribution in [0.5, 0.6) is 0 Å². The first-order valence-corrected chi connectivity index (χ1v) is 9.83. The first kappa shape index (κ1) is 17.2. The van der Waals surface area contributed by atoms with E-state index in [1.54, 1.807) is 4.31 Å². The lowest BCUT2D eigenvalue weighted by Crippen LogP contribution is -2.47. The second-order valence-corrected chi connectivity index (χ2v) is 9.15. The van der Waals surface area contributed by atoms with Gasteiger partial charge >= 0.3 is 0 Å². The van der Waals surface area contributed by atoms with Crippen molar-refractivity contribution in [2.24, 2.45) is 11.8 Å². The van der Waals surface area contributed by atoms with Crippen LogP contribution in [0.15, 0.2) is 0 Å². The second-order valence-electron chi connectivity index (χ2n) is 7.17. The van der Waals surface area contributed by atoms with Gasteiger partial charge in [-0.05, 0) is 37.5 Å². The van der Waals surface area contributed by atoms with Crippen LogP contribution >= 0.6 is 0 Å². The summed E-state index contributed by atoms with van der Waals surface area (Å²) in [4.78, 5) is 0. The fourth-order valence-corrected chi connectivity index (χ4v) is 4.52. The van der Waals surface area contributed by atoms with E-state index in [9.17, 15) is 13.5 Å². The summed E-state index contributed by atoms with van der Waals surface area (Å²) >= 11 is 0. The van der Waals surface area contributed by atoms with E-state index in [4.69, 9.17) is 4.74 Å². The summed E-state index contributed by atoms with van der Waals surface area (Å²) in [6.45, 7) is 5.99. The van der Waals surface area contributed by atoms with Crippen molar-refractivity contribution in [3.63, 3.8) is 0 Å². The Labute approximate surface area is 128 Å². The van der Waals surface area contributed by atoms with Gasteiger partial charge in [-0.2, -0.15) is 0 Å². The van der Waals surface area contributed by atoms with Crippen molar-refractivity contribution in [1.29, 1.82) is 0 Å². The summed E-state index contributed by atoms with van der Waals surface area (Å²) in [5, 5.41) is 10.9. The molecule has 0 aromatic heterocycles. The molecule has 2 fully saturated rings. The maximum absolute atomic E-state index is 11.7. The van der Waals surface area contributed by atoms with E-state index < -0.39 is 15.6 Å². The predicted molar refractivity (Wildman–Crippen MR) is 82.5 cm³/mol. The zero-order valence-electron chi connectivity index (χ0n) is 13.4. The molecular weight excluding hydrogens is 290 g/mol. The maximum atomic E-state index is 11.7. The van der Waals surface area contributed by atoms with Crippen LogP contribution in [0.25, 0.3) is 0 Å². The van der Waals surface area contributed by atoms with Gasteiger partial charge in [0.05, 0.1) is 18.0 Å². The zero-order chi connectivity index (χ0) is 15.7. The summed E-state index contributed by atoms with van der Waals surface area (Å²) < 4.78 is 30.7. The van der Waals surface area contributed by atoms with E-state index in [0.29, 0.717) is 44.9 Å². The van der Waals surface area contributed by atoms with E-state index in [0.717, 1.165) is 12.8 Å². The first-order valence-electron chi connectivity index (χ1n) is 7.99. The normalized spacial score (nSPS) is 36.0. The smallest absolute Gasteiger partial charge is 0.211 e. The molecule has 3 unspecified atom stereocenters. The van der Waals surface area contributed by atoms with Crippen LogP contribution in [0.1, 0.15) is 46.0 Å². The second kappa shape index (κ2) is 6.52. The molecule has 2 aliphatic rings. The van der Waals surface area contributed by atoms with Crippen molar-refractivity contribution in [3.8, 4) is 0 Å². The first-order chi connectivity index (χ1) is 9.70. The van der Waals surface area contributed by atoms with Crippen molar-refractivity contribution in [1.82, 2.24) is 4.31 Å². The van der Waals surface area contributed by atoms with Gasteiger partial charge in [-0.15, -0.1) is 0 Å². The summed E-state index contributed by atoms with van der Waals surface area (Å²) in [7, 11) is -3.12. The van der Waals surface area contributed by atoms with Crippen LogP contribution in [0, 0.1) is 11.8 Å². The van der Waals surface area contributed by atoms with E-state index in [1.807, 2.05) is 0 Å². The Balaban J connectivity index is 1.96. The van der Waals surface area contributed by atoms with Gasteiger partial charge in [0, 0.05) is 26.1 Å². The van der Waals surface area contributed by atoms with Crippen molar-refractivity contribution in [2.45, 2.75) is 57.7 Å². The van der Waals surface area contributed by atoms with Crippen LogP contribution in [0.3, 0.4) is 0 Å². The Morgan fingerprint density at radius 3 is 2.76 bits per heavy atom. The van der Waals surface area contributed by atoms with E-state index in [1.165, 1.54) is 6.26 Å². The largest absolute Gasteiger partial charge is 0.390 e. The molecule has 0 aromatic carbocycles. The molecule has 2 rings (SSSR count). The van der Waals surface area contributed by atoms with Gasteiger partial charge in [-0.1, -0.05) is 13.8 Å². The number of ether oxygens (including phenoxy) is 1. The van der Waals surface area contributed by atoms with Crippen molar-refractivity contribution in [3.05, 3.63) is 0 Å². The van der Waals surface area contributed by atoms with E-state index >= 15 is 0 Å². The average molecular weight is 319 g/mol. The van der Waals surface area contributed by atoms with Gasteiger partial charge in [0.15, 0.2) is 0 Å². The molecule has 0 aromatic rings. The molecule has 124 valence electrons. The van der Waals surface area contributed by atoms with Crippen LogP contribution in [-0.4, -0.2) is 55.5 Å². The van der Waals surface area contributed by atoms with Gasteiger partial charge in [-0.25, -0.2) is 12.7 Å². The van der Waals surface area contributed by atoms with Gasteiger partial charge in [0.1, 0.15) is 0 Å². The van der Waals surface area contributed by atoms with E-state index in [-0.39, 0.29) is 12.0 Å². The van der Waals surface area contributed by atoms with Crippen LogP contribution in [0.2, 0.25) is 0 Å². The minimum absolute atomic E-state index is 0.110. The molecule has 6 heteroatoms. The lowest BCUT2D eigenvalue weighted by Gasteiger charge is -2.42. The molecule has 21 heavy (non-hydrogen) atoms. The SMILES string of the molecule is CC(C)C1CC(O)(CC2CCCN(S(C)(=O)=O)C2)CCO1. The third kappa shape index (κ3) is 4.65. The highest BCUT2D eigenvalue weighted by atomic mass is 32.2. The number of sulfonamides is 1. The van der Waals surface area contributed by atoms with Crippen LogP contribution in [0.4, 0.5) is 0 Å². The fourth-order valence-electron chi connectivity index (χ4n) is 3.58. The number of nitrogens with zero attached hydrogens (tertiary/aromatic N) is 1. The third-order valence-electron chi connectivity index (χ3n) is 4.84. The molecule has 0 amide bonds. The topological polar surface area (TPSA) is 66.8 Å². The van der Waals surface area contributed by atoms with Crippen molar-refractivity contribution in [2.75, 3.05) is 26.0 Å². The number of hydrogen-bond acceptors (Lipinski definition) is 4. The Morgan fingerprint density at radius 2 is 2.14 bits per heavy atom. The van der Waals surface area contributed by atoms with Gasteiger partial charge in [0.2, 0.25) is 10.0 Å². The van der Waals surface area contributed by atoms with Gasteiger partial charge in [-0.3, -0.25) is 0 Å². The molecule has 2 aliphatic heterocycles. The zero-order valence-corrected chi connectivity index (χ0v) is 14.2. The van der Waals surface area contributed by atoms with E-state index in [2.05, 4.69) is 13.8 Å². The lowest BCUT2D eigenvalue weighted by molar-refractivity contribution is -0.127. The number of aliphatic hydroxyl groups is 1. The Morgan fingerprint density at radius 1 is 1.43 bits per heavy atom. The molecule has 1 N–H and O–H groups in total. The highest BCUT2D eigenvalue weighted by Crippen LogP contribution is 2.36. The van der Waals surface area contributed by atoms with Crippen molar-refractivity contribution >= 4 is 10.0 Å². The summed E-state index contributed by atoms with van der Waals surface area (Å²) in [6, 6.07) is 0. The Hall–Kier alpha value is -0.170. The van der Waals surface area contributed by atoms with Crippen LogP contribution in [-0.2, 0) is 14.8 Å². The number of hydrogen-bond donors (Lipinski definition) is 1. The standard InChI is InChI=1S/C15H29NO4S/c1-12(2)14-10-15(17,6-8-20-14)9-13-5-4-7-16(11-13)21(3,18)19/h12-14,17H,4-11H2,1-3H3. The van der Waals surface area contributed by atoms with Gasteiger partial charge < -0.3 is 9.84 Å². The number of piperidine rings is 1. The molecular formula is C15H29NO4S. The van der Waals surface area contributed by atoms with Crippen LogP contribution < -0.4 is 0 Å². The molecule has 3 atom stereocenters. The molecule has 0 bridgehead atoms. The minimum Gasteiger partial charge on any atom is -0.390 e. The summed E-state index contributed by atoms with van der Waals surface area (Å²) in [6.07, 6.45) is 5.28. The lowest BCUT2D eigenvalue weighted by atomic mass is 9.78. The predicted octanol–water partition coefficient (Wildman–Crippen LogP) is 1.61. The number of rotatable bonds is 4. The third-order valence-corrected chi connectivity index (χ3v) is 6.11. The Bertz CT molecular complexity index is 451. The minimum atomic E-state index is -3.12. The summed E-state index contributed by atoms with van der Waals surface area (Å²) in [5.41, 5.74) is -0.696. The average Bonchev–Trinajstić information content (AvgIpc) is 2.37. The monoisotopic (exact) mass is 319 g/mol. The molecule has 5 nitrogen and oxygen atoms in total. The fraction of sp³-hybridized carbons (Fsp3) is 1.00. The molecule has 0 spiro atoms. The molecule has 2 saturated heterocycles. The van der Waals surface area contributed by atoms with Crippen molar-refractivity contribution < 1.29 is 18.3 Å². The molecule has 0 aliphatic carbocycles. The molecule has 0 saturated carbocycles. The maximum Gasteiger partial charge on any atom is 0.211 e. The molecule has 0 radical (unpaired) electrons.